The number of hydrogen-bond acceptors (Lipinski definition) is 8. The number of halogens is 1. The standard InChI is InChI=1S/C33H49FN6O8/c1-20(41)39-17-16-23-13-14-25(40(23)31(45)24(18-39)38-32(46)48-33(2,3)4)30(44)37-22(12-15-28(36)43)19-47-26-10-7-9-21(29(26)34)8-5-6-11-27(35)42/h7,9-10,22-25H,5-6,8,11-19H2,1-4H3,(H2,35,42)(H2,36,43)(H,37,44)(H,38,46)/t22-,23+,24-,25-/m0/s1. The Morgan fingerprint density at radius 3 is 2.40 bits per heavy atom. The van der Waals surface area contributed by atoms with E-state index in [1.54, 1.807) is 32.9 Å². The summed E-state index contributed by atoms with van der Waals surface area (Å²) in [5.41, 5.74) is 10.1. The number of amides is 6. The minimum absolute atomic E-state index is 0.0355. The number of carbonyl (C=O) groups excluding carboxylic acids is 6. The third-order valence-electron chi connectivity index (χ3n) is 8.32. The van der Waals surface area contributed by atoms with Gasteiger partial charge in [0, 0.05) is 32.4 Å². The molecule has 48 heavy (non-hydrogen) atoms. The van der Waals surface area contributed by atoms with Crippen LogP contribution in [0.1, 0.15) is 84.6 Å². The summed E-state index contributed by atoms with van der Waals surface area (Å²) < 4.78 is 26.4. The summed E-state index contributed by atoms with van der Waals surface area (Å²) in [4.78, 5) is 78.3. The maximum atomic E-state index is 15.2. The van der Waals surface area contributed by atoms with E-state index in [0.717, 1.165) is 0 Å². The van der Waals surface area contributed by atoms with E-state index in [1.165, 1.54) is 22.8 Å². The summed E-state index contributed by atoms with van der Waals surface area (Å²) >= 11 is 0. The van der Waals surface area contributed by atoms with Gasteiger partial charge in [0.25, 0.3) is 0 Å². The van der Waals surface area contributed by atoms with Crippen LogP contribution >= 0.6 is 0 Å². The van der Waals surface area contributed by atoms with Gasteiger partial charge in [0.05, 0.1) is 12.6 Å². The van der Waals surface area contributed by atoms with Gasteiger partial charge in [-0.1, -0.05) is 12.1 Å². The number of unbranched alkanes of at least 4 members (excludes halogenated alkanes) is 1. The lowest BCUT2D eigenvalue weighted by atomic mass is 10.1. The molecule has 0 spiro atoms. The number of primary amides is 2. The Labute approximate surface area is 280 Å². The number of nitrogens with two attached hydrogens (primary N) is 2. The zero-order chi connectivity index (χ0) is 35.6. The molecule has 266 valence electrons. The Morgan fingerprint density at radius 2 is 1.75 bits per heavy atom. The fraction of sp³-hybridized carbons (Fsp3) is 0.636. The lowest BCUT2D eigenvalue weighted by Gasteiger charge is -2.38. The lowest BCUT2D eigenvalue weighted by Crippen LogP contribution is -2.61. The molecule has 2 fully saturated rings. The van der Waals surface area contributed by atoms with E-state index in [9.17, 15) is 28.8 Å². The van der Waals surface area contributed by atoms with E-state index >= 15 is 4.39 Å². The summed E-state index contributed by atoms with van der Waals surface area (Å²) in [5.74, 6) is -2.87. The largest absolute Gasteiger partial charge is 0.488 e. The van der Waals surface area contributed by atoms with Gasteiger partial charge in [-0.05, 0) is 77.3 Å². The molecule has 3 rings (SSSR count). The van der Waals surface area contributed by atoms with Gasteiger partial charge in [0.1, 0.15) is 24.3 Å². The normalized spacial score (nSPS) is 20.2. The first-order valence-electron chi connectivity index (χ1n) is 16.4. The van der Waals surface area contributed by atoms with Crippen LogP contribution in [0, 0.1) is 5.82 Å². The number of rotatable bonds is 14. The highest BCUT2D eigenvalue weighted by Crippen LogP contribution is 2.30. The molecule has 2 heterocycles. The molecule has 0 saturated carbocycles. The number of carbonyl (C=O) groups is 6. The number of ether oxygens (including phenoxy) is 2. The van der Waals surface area contributed by atoms with Crippen LogP contribution in [0.2, 0.25) is 0 Å². The number of fused-ring (bicyclic) bond motifs is 1. The molecule has 6 N–H and O–H groups in total. The van der Waals surface area contributed by atoms with E-state index in [1.807, 2.05) is 0 Å². The minimum Gasteiger partial charge on any atom is -0.488 e. The van der Waals surface area contributed by atoms with E-state index in [2.05, 4.69) is 10.6 Å². The van der Waals surface area contributed by atoms with Crippen molar-refractivity contribution in [3.63, 3.8) is 0 Å². The van der Waals surface area contributed by atoms with Gasteiger partial charge >= 0.3 is 6.09 Å². The van der Waals surface area contributed by atoms with Crippen molar-refractivity contribution in [1.82, 2.24) is 20.4 Å². The second-order valence-corrected chi connectivity index (χ2v) is 13.4. The fourth-order valence-corrected chi connectivity index (χ4v) is 5.95. The number of benzene rings is 1. The van der Waals surface area contributed by atoms with Crippen molar-refractivity contribution in [2.75, 3.05) is 19.7 Å². The molecular weight excluding hydrogens is 627 g/mol. The quantitative estimate of drug-likeness (QED) is 0.213. The molecule has 2 aliphatic rings. The molecular formula is C33H49FN6O8. The van der Waals surface area contributed by atoms with Gasteiger partial charge in [0.15, 0.2) is 11.6 Å². The van der Waals surface area contributed by atoms with Gasteiger partial charge in [-0.3, -0.25) is 24.0 Å². The van der Waals surface area contributed by atoms with E-state index in [4.69, 9.17) is 20.9 Å². The zero-order valence-corrected chi connectivity index (χ0v) is 28.2. The predicted octanol–water partition coefficient (Wildman–Crippen LogP) is 1.66. The highest BCUT2D eigenvalue weighted by Gasteiger charge is 2.45. The Kier molecular flexibility index (Phi) is 13.6. The van der Waals surface area contributed by atoms with Crippen LogP contribution in [0.5, 0.6) is 5.75 Å². The van der Waals surface area contributed by atoms with Crippen molar-refractivity contribution < 1.29 is 42.6 Å². The van der Waals surface area contributed by atoms with Crippen LogP contribution < -0.4 is 26.8 Å². The van der Waals surface area contributed by atoms with Crippen molar-refractivity contribution in [2.24, 2.45) is 11.5 Å². The number of aryl methyl sites for hydroxylation is 1. The Bertz CT molecular complexity index is 1350. The molecule has 0 bridgehead atoms. The predicted molar refractivity (Wildman–Crippen MR) is 173 cm³/mol. The maximum Gasteiger partial charge on any atom is 0.408 e. The molecule has 4 atom stereocenters. The van der Waals surface area contributed by atoms with Crippen LogP contribution in [-0.4, -0.2) is 94.9 Å². The van der Waals surface area contributed by atoms with Crippen LogP contribution in [-0.2, 0) is 35.1 Å². The molecule has 1 aromatic carbocycles. The first-order valence-corrected chi connectivity index (χ1v) is 16.4. The molecule has 15 heteroatoms. The summed E-state index contributed by atoms with van der Waals surface area (Å²) in [6, 6.07) is 1.55. The highest BCUT2D eigenvalue weighted by molar-refractivity contribution is 5.93. The Morgan fingerprint density at radius 1 is 1.04 bits per heavy atom. The van der Waals surface area contributed by atoms with E-state index < -0.39 is 59.3 Å². The van der Waals surface area contributed by atoms with Crippen LogP contribution in [0.25, 0.3) is 0 Å². The maximum absolute atomic E-state index is 15.2. The second kappa shape index (κ2) is 17.1. The molecule has 0 aliphatic carbocycles. The molecule has 2 aliphatic heterocycles. The van der Waals surface area contributed by atoms with Crippen LogP contribution in [0.3, 0.4) is 0 Å². The van der Waals surface area contributed by atoms with Gasteiger partial charge in [-0.2, -0.15) is 0 Å². The Balaban J connectivity index is 1.75. The number of nitrogens with zero attached hydrogens (tertiary/aromatic N) is 2. The molecule has 0 unspecified atom stereocenters. The summed E-state index contributed by atoms with van der Waals surface area (Å²) in [6.07, 6.45) is 2.14. The van der Waals surface area contributed by atoms with Crippen molar-refractivity contribution in [1.29, 1.82) is 0 Å². The highest BCUT2D eigenvalue weighted by atomic mass is 19.1. The van der Waals surface area contributed by atoms with Crippen LogP contribution in [0.4, 0.5) is 9.18 Å². The van der Waals surface area contributed by atoms with Gasteiger partial charge in [-0.25, -0.2) is 9.18 Å². The number of alkyl carbamates (subject to hydrolysis) is 1. The van der Waals surface area contributed by atoms with Crippen LogP contribution in [0.15, 0.2) is 18.2 Å². The smallest absolute Gasteiger partial charge is 0.408 e. The molecule has 0 aromatic heterocycles. The first-order chi connectivity index (χ1) is 22.6. The fourth-order valence-electron chi connectivity index (χ4n) is 5.95. The second-order valence-electron chi connectivity index (χ2n) is 13.4. The summed E-state index contributed by atoms with van der Waals surface area (Å²) in [5, 5.41) is 5.45. The zero-order valence-electron chi connectivity index (χ0n) is 28.2. The number of nitrogens with one attached hydrogen (secondary N) is 2. The minimum atomic E-state index is -1.15. The third-order valence-corrected chi connectivity index (χ3v) is 8.32. The van der Waals surface area contributed by atoms with Crippen molar-refractivity contribution in [3.05, 3.63) is 29.6 Å². The number of hydrogen-bond donors (Lipinski definition) is 4. The molecule has 6 amide bonds. The lowest BCUT2D eigenvalue weighted by molar-refractivity contribution is -0.145. The van der Waals surface area contributed by atoms with Gasteiger partial charge in [0.2, 0.25) is 29.5 Å². The SMILES string of the molecule is CC(=O)N1CC[C@H]2CC[C@@H](C(=O)N[C@@H](CCC(N)=O)COc3cccc(CCCCC(N)=O)c3F)N2C(=O)[C@@H](NC(=O)OC(C)(C)C)C1. The monoisotopic (exact) mass is 676 g/mol. The van der Waals surface area contributed by atoms with Gasteiger partial charge in [-0.15, -0.1) is 0 Å². The van der Waals surface area contributed by atoms with Crippen molar-refractivity contribution in [3.8, 4) is 5.75 Å². The van der Waals surface area contributed by atoms with E-state index in [-0.39, 0.29) is 50.1 Å². The average Bonchev–Trinajstić information content (AvgIpc) is 3.40. The first kappa shape index (κ1) is 38.0. The molecule has 1 aromatic rings. The molecule has 14 nitrogen and oxygen atoms in total. The van der Waals surface area contributed by atoms with Crippen molar-refractivity contribution >= 4 is 35.6 Å². The summed E-state index contributed by atoms with van der Waals surface area (Å²) in [7, 11) is 0. The summed E-state index contributed by atoms with van der Waals surface area (Å²) in [6.45, 7) is 6.51. The molecule has 0 radical (unpaired) electrons. The van der Waals surface area contributed by atoms with E-state index in [0.29, 0.717) is 50.6 Å². The Hall–Kier alpha value is -4.43. The van der Waals surface area contributed by atoms with Crippen molar-refractivity contribution in [2.45, 2.75) is 115 Å². The topological polar surface area (TPSA) is 203 Å². The molecule has 2 saturated heterocycles. The third kappa shape index (κ3) is 11.4. The van der Waals surface area contributed by atoms with Gasteiger partial charge < -0.3 is 41.4 Å². The average molecular weight is 677 g/mol.